The number of carbonyl (C=O) groups is 2. The van der Waals surface area contributed by atoms with Gasteiger partial charge in [0, 0.05) is 11.3 Å². The zero-order chi connectivity index (χ0) is 23.6. The van der Waals surface area contributed by atoms with Crippen LogP contribution in [0.4, 0.5) is 0 Å². The molecular weight excluding hydrogens is 416 g/mol. The van der Waals surface area contributed by atoms with Gasteiger partial charge in [-0.15, -0.1) is 0 Å². The van der Waals surface area contributed by atoms with Crippen LogP contribution in [0.5, 0.6) is 0 Å². The maximum Gasteiger partial charge on any atom is 0.323 e. The van der Waals surface area contributed by atoms with Gasteiger partial charge >= 0.3 is 11.9 Å². The number of rotatable bonds is 7. The van der Waals surface area contributed by atoms with E-state index in [9.17, 15) is 14.7 Å². The highest BCUT2D eigenvalue weighted by atomic mass is 16.6. The summed E-state index contributed by atoms with van der Waals surface area (Å²) < 4.78 is 10.8. The topological polar surface area (TPSA) is 72.8 Å². The Bertz CT molecular complexity index is 954. The lowest BCUT2D eigenvalue weighted by atomic mass is 9.64. The van der Waals surface area contributed by atoms with Gasteiger partial charge in [-0.05, 0) is 56.1 Å². The van der Waals surface area contributed by atoms with Crippen molar-refractivity contribution in [3.63, 3.8) is 0 Å². The summed E-state index contributed by atoms with van der Waals surface area (Å²) >= 11 is 0. The van der Waals surface area contributed by atoms with Crippen LogP contribution < -0.4 is 0 Å². The molecule has 5 nitrogen and oxygen atoms in total. The molecule has 0 amide bonds. The first-order chi connectivity index (χ1) is 15.9. The van der Waals surface area contributed by atoms with Crippen LogP contribution in [0.25, 0.3) is 0 Å². The van der Waals surface area contributed by atoms with Crippen molar-refractivity contribution in [2.24, 2.45) is 23.2 Å². The Morgan fingerprint density at radius 2 is 1.45 bits per heavy atom. The van der Waals surface area contributed by atoms with Gasteiger partial charge in [-0.2, -0.15) is 0 Å². The van der Waals surface area contributed by atoms with Crippen molar-refractivity contribution in [3.05, 3.63) is 77.9 Å². The quantitative estimate of drug-likeness (QED) is 0.473. The van der Waals surface area contributed by atoms with E-state index in [4.69, 9.17) is 9.47 Å². The van der Waals surface area contributed by atoms with Crippen LogP contribution >= 0.6 is 0 Å². The van der Waals surface area contributed by atoms with Crippen LogP contribution in [0.3, 0.4) is 0 Å². The number of aliphatic hydroxyl groups excluding tert-OH is 1. The second-order valence-electron chi connectivity index (χ2n) is 9.49. The SMILES string of the molecule is CCOC(=O)C1(C(=O)OCC)C[C@@H]2C[C@H]([C](O)c3ccccc3)[C@@](C)(c3ccccc3)[C@@H]2C1. The van der Waals surface area contributed by atoms with Gasteiger partial charge in [-0.3, -0.25) is 9.59 Å². The molecule has 0 aliphatic heterocycles. The molecule has 2 aliphatic carbocycles. The first-order valence-electron chi connectivity index (χ1n) is 11.9. The molecule has 175 valence electrons. The fourth-order valence-corrected chi connectivity index (χ4v) is 6.34. The third kappa shape index (κ3) is 3.86. The van der Waals surface area contributed by atoms with Crippen molar-refractivity contribution in [1.82, 2.24) is 0 Å². The fourth-order valence-electron chi connectivity index (χ4n) is 6.34. The molecule has 1 N–H and O–H groups in total. The molecule has 5 heteroatoms. The lowest BCUT2D eigenvalue weighted by Gasteiger charge is -2.40. The van der Waals surface area contributed by atoms with Crippen molar-refractivity contribution in [3.8, 4) is 0 Å². The molecule has 2 saturated carbocycles. The number of benzene rings is 2. The fraction of sp³-hybridized carbons (Fsp3) is 0.464. The van der Waals surface area contributed by atoms with Crippen molar-refractivity contribution in [2.45, 2.75) is 45.4 Å². The summed E-state index contributed by atoms with van der Waals surface area (Å²) in [6.07, 6.45) is 1.81. The number of aliphatic hydroxyl groups is 1. The van der Waals surface area contributed by atoms with Crippen LogP contribution in [0.15, 0.2) is 60.7 Å². The second-order valence-corrected chi connectivity index (χ2v) is 9.49. The molecule has 1 radical (unpaired) electrons. The molecule has 0 spiro atoms. The number of hydrogen-bond acceptors (Lipinski definition) is 5. The largest absolute Gasteiger partial charge is 0.465 e. The smallest absolute Gasteiger partial charge is 0.323 e. The average molecular weight is 450 g/mol. The zero-order valence-corrected chi connectivity index (χ0v) is 19.6. The van der Waals surface area contributed by atoms with Crippen molar-refractivity contribution < 1.29 is 24.2 Å². The molecule has 0 aromatic heterocycles. The van der Waals surface area contributed by atoms with Gasteiger partial charge < -0.3 is 14.6 Å². The summed E-state index contributed by atoms with van der Waals surface area (Å²) in [5.41, 5.74) is 0.178. The molecule has 0 heterocycles. The Morgan fingerprint density at radius 3 is 2.00 bits per heavy atom. The van der Waals surface area contributed by atoms with E-state index in [1.165, 1.54) is 0 Å². The molecule has 0 unspecified atom stereocenters. The lowest BCUT2D eigenvalue weighted by Crippen LogP contribution is -2.43. The van der Waals surface area contributed by atoms with Crippen LogP contribution in [-0.2, 0) is 24.5 Å². The van der Waals surface area contributed by atoms with Crippen molar-refractivity contribution in [2.75, 3.05) is 13.2 Å². The highest BCUT2D eigenvalue weighted by molar-refractivity contribution is 6.00. The number of hydrogen-bond donors (Lipinski definition) is 1. The predicted octanol–water partition coefficient (Wildman–Crippen LogP) is 5.06. The number of fused-ring (bicyclic) bond motifs is 1. The zero-order valence-electron chi connectivity index (χ0n) is 19.6. The third-order valence-electron chi connectivity index (χ3n) is 7.91. The van der Waals surface area contributed by atoms with E-state index in [1.54, 1.807) is 13.8 Å². The van der Waals surface area contributed by atoms with E-state index >= 15 is 0 Å². The van der Waals surface area contributed by atoms with Crippen molar-refractivity contribution >= 4 is 11.9 Å². The van der Waals surface area contributed by atoms with Gasteiger partial charge in [0.2, 0.25) is 0 Å². The van der Waals surface area contributed by atoms with Gasteiger partial charge in [0.15, 0.2) is 5.41 Å². The molecule has 33 heavy (non-hydrogen) atoms. The van der Waals surface area contributed by atoms with Gasteiger partial charge in [-0.25, -0.2) is 0 Å². The molecule has 2 fully saturated rings. The normalized spacial score (nSPS) is 27.8. The lowest BCUT2D eigenvalue weighted by molar-refractivity contribution is -0.172. The van der Waals surface area contributed by atoms with E-state index in [2.05, 4.69) is 19.1 Å². The number of esters is 2. The molecule has 2 aromatic rings. The average Bonchev–Trinajstić information content (AvgIpc) is 3.36. The molecule has 4 rings (SSSR count). The Morgan fingerprint density at radius 1 is 0.909 bits per heavy atom. The van der Waals surface area contributed by atoms with Crippen LogP contribution in [0.1, 0.15) is 51.2 Å². The van der Waals surface area contributed by atoms with Gasteiger partial charge in [0.25, 0.3) is 0 Å². The van der Waals surface area contributed by atoms with Crippen LogP contribution in [-0.4, -0.2) is 30.3 Å². The summed E-state index contributed by atoms with van der Waals surface area (Å²) in [4.78, 5) is 26.2. The maximum absolute atomic E-state index is 13.1. The Balaban J connectivity index is 1.76. The van der Waals surface area contributed by atoms with Crippen LogP contribution in [0.2, 0.25) is 0 Å². The van der Waals surface area contributed by atoms with E-state index in [0.29, 0.717) is 25.4 Å². The standard InChI is InChI=1S/C28H33O5/c1-4-32-25(30)28(26(31)33-5-2)17-20-16-22(24(29)19-12-8-6-9-13-19)27(3,23(20)18-28)21-14-10-7-11-15-21/h6-15,20,22-23,29H,4-5,16-18H2,1-3H3/t20-,22+,23+,27+/m0/s1. The Labute approximate surface area is 196 Å². The monoisotopic (exact) mass is 449 g/mol. The summed E-state index contributed by atoms with van der Waals surface area (Å²) in [5.74, 6) is -0.994. The summed E-state index contributed by atoms with van der Waals surface area (Å²) in [7, 11) is 0. The number of carbonyl (C=O) groups excluding carboxylic acids is 2. The first-order valence-corrected chi connectivity index (χ1v) is 11.9. The summed E-state index contributed by atoms with van der Waals surface area (Å²) in [6, 6.07) is 19.8. The van der Waals surface area contributed by atoms with E-state index in [0.717, 1.165) is 11.1 Å². The molecule has 2 aliphatic rings. The molecule has 0 bridgehead atoms. The predicted molar refractivity (Wildman–Crippen MR) is 125 cm³/mol. The number of ether oxygens (including phenoxy) is 2. The summed E-state index contributed by atoms with van der Waals surface area (Å²) in [5, 5.41) is 11.4. The third-order valence-corrected chi connectivity index (χ3v) is 7.91. The Hall–Kier alpha value is -2.66. The molecular formula is C28H33O5. The van der Waals surface area contributed by atoms with E-state index in [-0.39, 0.29) is 31.0 Å². The van der Waals surface area contributed by atoms with Gasteiger partial charge in [-0.1, -0.05) is 67.6 Å². The van der Waals surface area contributed by atoms with Crippen molar-refractivity contribution in [1.29, 1.82) is 0 Å². The Kier molecular flexibility index (Phi) is 6.62. The van der Waals surface area contributed by atoms with E-state index < -0.39 is 22.8 Å². The summed E-state index contributed by atoms with van der Waals surface area (Å²) in [6.45, 7) is 6.11. The minimum Gasteiger partial charge on any atom is -0.465 e. The van der Waals surface area contributed by atoms with Crippen LogP contribution in [0, 0.1) is 29.3 Å². The van der Waals surface area contributed by atoms with Gasteiger partial charge in [0.1, 0.15) is 6.10 Å². The molecule has 4 atom stereocenters. The maximum atomic E-state index is 13.1. The molecule has 0 saturated heterocycles. The molecule has 2 aromatic carbocycles. The second kappa shape index (κ2) is 9.30. The highest BCUT2D eigenvalue weighted by Gasteiger charge is 2.66. The first kappa shape index (κ1) is 23.5. The highest BCUT2D eigenvalue weighted by Crippen LogP contribution is 2.65. The van der Waals surface area contributed by atoms with E-state index in [1.807, 2.05) is 48.5 Å². The van der Waals surface area contributed by atoms with Gasteiger partial charge in [0.05, 0.1) is 13.2 Å². The minimum atomic E-state index is -1.29. The minimum absolute atomic E-state index is 0.0181.